The lowest BCUT2D eigenvalue weighted by molar-refractivity contribution is 0.475. The normalized spacial score (nSPS) is 12.7. The molecule has 11 aromatic rings. The number of rotatable bonds is 13. The Kier molecular flexibility index (Phi) is 12.7. The van der Waals surface area contributed by atoms with E-state index in [9.17, 15) is 10.2 Å². The van der Waals surface area contributed by atoms with Crippen LogP contribution >= 0.6 is 0 Å². The Balaban J connectivity index is 1.12. The Labute approximate surface area is 437 Å². The standard InChI is InChI=1S/C68H57N5O2/c1-7-9-12-21-46(3)71-64(8-2)61(59-27-18-19-28-65(59)71)43-48(5)70(53-32-38-57(75)39-33-53)55-35-41-68-63(45-55)62-44-54(34-40-67(62)73(68)51-24-15-11-16-25-51)69(52-30-36-56(74)37-31-52)47(4)42-60-49(6)72(50-22-13-10-14-23-50)66-29-20-17-26-58(60)66/h7-45,74-75H,1,5H2,2-4,6H3/b12-9-,46-21+,47-42+,61-43-,64-8+. The molecule has 0 saturated carbocycles. The SMILES string of the molecule is C=C/C=C\C=C(/C)n1c(=C/C)/c(=C\C(=C)N(c2ccc(O)cc2)c2ccc3c(c2)c2cc(N(/C(C)=C/c4c(C)n(-c5ccccc5)c5ccccc45)c4ccc(O)cc4)ccc2n3-c2ccccc2)c2ccccc21. The maximum atomic E-state index is 10.6. The quantitative estimate of drug-likeness (QED) is 0.113. The minimum Gasteiger partial charge on any atom is -0.508 e. The van der Waals surface area contributed by atoms with Crippen molar-refractivity contribution in [3.8, 4) is 22.9 Å². The van der Waals surface area contributed by atoms with Crippen LogP contribution in [0.1, 0.15) is 32.0 Å². The van der Waals surface area contributed by atoms with E-state index in [4.69, 9.17) is 6.58 Å². The second-order valence-electron chi connectivity index (χ2n) is 18.8. The minimum absolute atomic E-state index is 0.181. The molecule has 0 bridgehead atoms. The Morgan fingerprint density at radius 2 is 1.01 bits per heavy atom. The molecular weight excluding hydrogens is 919 g/mol. The fraction of sp³-hybridized carbons (Fsp3) is 0.0588. The lowest BCUT2D eigenvalue weighted by Gasteiger charge is -2.27. The van der Waals surface area contributed by atoms with E-state index in [-0.39, 0.29) is 11.5 Å². The summed E-state index contributed by atoms with van der Waals surface area (Å²) in [5.74, 6) is 0.382. The third-order valence-corrected chi connectivity index (χ3v) is 14.1. The third-order valence-electron chi connectivity index (χ3n) is 14.1. The molecule has 0 amide bonds. The monoisotopic (exact) mass is 975 g/mol. The van der Waals surface area contributed by atoms with Gasteiger partial charge in [0.1, 0.15) is 11.5 Å². The fourth-order valence-corrected chi connectivity index (χ4v) is 10.8. The van der Waals surface area contributed by atoms with Crippen molar-refractivity contribution in [2.75, 3.05) is 9.80 Å². The zero-order valence-corrected chi connectivity index (χ0v) is 42.6. The third kappa shape index (κ3) is 8.70. The molecule has 0 saturated heterocycles. The zero-order chi connectivity index (χ0) is 51.7. The number of phenols is 2. The first-order chi connectivity index (χ1) is 36.6. The zero-order valence-electron chi connectivity index (χ0n) is 42.6. The molecule has 2 N–H and O–H groups in total. The van der Waals surface area contributed by atoms with Crippen LogP contribution in [0.15, 0.2) is 243 Å². The summed E-state index contributed by atoms with van der Waals surface area (Å²) in [7, 11) is 0. The highest BCUT2D eigenvalue weighted by atomic mass is 16.3. The maximum absolute atomic E-state index is 10.6. The molecule has 0 unspecified atom stereocenters. The number of para-hydroxylation sites is 4. The molecule has 75 heavy (non-hydrogen) atoms. The summed E-state index contributed by atoms with van der Waals surface area (Å²) in [5, 5.41) is 27.6. The summed E-state index contributed by atoms with van der Waals surface area (Å²) in [6.07, 6.45) is 14.4. The van der Waals surface area contributed by atoms with Crippen LogP contribution in [0.5, 0.6) is 11.5 Å². The molecule has 0 aliphatic rings. The van der Waals surface area contributed by atoms with Gasteiger partial charge in [-0.15, -0.1) is 0 Å². The van der Waals surface area contributed by atoms with E-state index >= 15 is 0 Å². The number of fused-ring (bicyclic) bond motifs is 5. The fourth-order valence-electron chi connectivity index (χ4n) is 10.8. The van der Waals surface area contributed by atoms with Gasteiger partial charge < -0.3 is 33.7 Å². The Morgan fingerprint density at radius 3 is 1.60 bits per heavy atom. The van der Waals surface area contributed by atoms with Crippen LogP contribution in [0.25, 0.3) is 78.9 Å². The summed E-state index contributed by atoms with van der Waals surface area (Å²) in [6.45, 7) is 17.2. The highest BCUT2D eigenvalue weighted by molar-refractivity contribution is 6.12. The van der Waals surface area contributed by atoms with Crippen molar-refractivity contribution in [2.45, 2.75) is 27.7 Å². The molecule has 11 rings (SSSR count). The number of benzene rings is 8. The summed E-state index contributed by atoms with van der Waals surface area (Å²) in [5.41, 5.74) is 15.2. The highest BCUT2D eigenvalue weighted by Gasteiger charge is 2.22. The van der Waals surface area contributed by atoms with Gasteiger partial charge in [0.25, 0.3) is 0 Å². The lowest BCUT2D eigenvalue weighted by Crippen LogP contribution is -2.29. The maximum Gasteiger partial charge on any atom is 0.115 e. The van der Waals surface area contributed by atoms with E-state index < -0.39 is 0 Å². The van der Waals surface area contributed by atoms with Gasteiger partial charge in [0.15, 0.2) is 0 Å². The van der Waals surface area contributed by atoms with Crippen LogP contribution in [-0.2, 0) is 0 Å². The van der Waals surface area contributed by atoms with E-state index in [2.05, 4.69) is 222 Å². The summed E-state index contributed by atoms with van der Waals surface area (Å²) in [4.78, 5) is 4.44. The summed E-state index contributed by atoms with van der Waals surface area (Å²) in [6, 6.07) is 66.1. The molecule has 3 heterocycles. The number of aromatic hydroxyl groups is 2. The predicted octanol–water partition coefficient (Wildman–Crippen LogP) is 16.1. The van der Waals surface area contributed by atoms with Gasteiger partial charge in [-0.3, -0.25) is 0 Å². The van der Waals surface area contributed by atoms with Crippen LogP contribution in [0.4, 0.5) is 22.7 Å². The van der Waals surface area contributed by atoms with Crippen molar-refractivity contribution >= 4 is 90.3 Å². The first-order valence-corrected chi connectivity index (χ1v) is 25.2. The molecule has 7 heteroatoms. The Morgan fingerprint density at radius 1 is 0.520 bits per heavy atom. The van der Waals surface area contributed by atoms with Crippen molar-refractivity contribution in [1.29, 1.82) is 0 Å². The minimum atomic E-state index is 0.181. The number of aromatic nitrogens is 3. The van der Waals surface area contributed by atoms with Crippen LogP contribution in [0.3, 0.4) is 0 Å². The Hall–Kier alpha value is -9.72. The topological polar surface area (TPSA) is 61.7 Å². The summed E-state index contributed by atoms with van der Waals surface area (Å²) >= 11 is 0. The Bertz CT molecular complexity index is 4210. The average Bonchev–Trinajstić information content (AvgIpc) is 4.06. The second-order valence-corrected chi connectivity index (χ2v) is 18.8. The van der Waals surface area contributed by atoms with Gasteiger partial charge in [0, 0.05) is 94.6 Å². The first-order valence-electron chi connectivity index (χ1n) is 25.2. The van der Waals surface area contributed by atoms with Gasteiger partial charge in [-0.25, -0.2) is 0 Å². The molecule has 0 atom stereocenters. The van der Waals surface area contributed by atoms with Crippen molar-refractivity contribution in [3.63, 3.8) is 0 Å². The molecule has 0 radical (unpaired) electrons. The summed E-state index contributed by atoms with van der Waals surface area (Å²) < 4.78 is 6.95. The van der Waals surface area contributed by atoms with Gasteiger partial charge in [0.05, 0.1) is 22.1 Å². The molecule has 8 aromatic carbocycles. The van der Waals surface area contributed by atoms with Crippen LogP contribution in [0, 0.1) is 6.92 Å². The van der Waals surface area contributed by atoms with Gasteiger partial charge in [-0.2, -0.15) is 0 Å². The average molecular weight is 976 g/mol. The van der Waals surface area contributed by atoms with Crippen molar-refractivity contribution in [3.05, 3.63) is 265 Å². The number of anilines is 4. The van der Waals surface area contributed by atoms with Crippen molar-refractivity contribution in [2.24, 2.45) is 0 Å². The van der Waals surface area contributed by atoms with E-state index in [1.807, 2.05) is 42.5 Å². The number of nitrogens with zero attached hydrogens (tertiary/aromatic N) is 5. The van der Waals surface area contributed by atoms with Crippen LogP contribution < -0.4 is 20.4 Å². The van der Waals surface area contributed by atoms with E-state index in [1.165, 1.54) is 0 Å². The van der Waals surface area contributed by atoms with Gasteiger partial charge in [-0.1, -0.05) is 110 Å². The molecule has 366 valence electrons. The highest BCUT2D eigenvalue weighted by Crippen LogP contribution is 2.42. The molecule has 0 aliphatic heterocycles. The van der Waals surface area contributed by atoms with E-state index in [0.29, 0.717) is 0 Å². The predicted molar refractivity (Wildman–Crippen MR) is 317 cm³/mol. The number of hydrogen-bond donors (Lipinski definition) is 2. The van der Waals surface area contributed by atoms with E-state index in [0.717, 1.165) is 117 Å². The molecule has 0 fully saturated rings. The molecule has 7 nitrogen and oxygen atoms in total. The van der Waals surface area contributed by atoms with Gasteiger partial charge in [-0.05, 0) is 167 Å². The van der Waals surface area contributed by atoms with Crippen LogP contribution in [0.2, 0.25) is 0 Å². The lowest BCUT2D eigenvalue weighted by atomic mass is 10.1. The first kappa shape index (κ1) is 47.6. The van der Waals surface area contributed by atoms with Gasteiger partial charge in [0.2, 0.25) is 0 Å². The molecule has 0 spiro atoms. The number of hydrogen-bond acceptors (Lipinski definition) is 4. The van der Waals surface area contributed by atoms with Gasteiger partial charge >= 0.3 is 0 Å². The molecule has 0 aliphatic carbocycles. The number of phenolic OH excluding ortho intramolecular Hbond substituents is 2. The van der Waals surface area contributed by atoms with Crippen molar-refractivity contribution in [1.82, 2.24) is 13.7 Å². The van der Waals surface area contributed by atoms with Crippen LogP contribution in [-0.4, -0.2) is 23.9 Å². The number of allylic oxidation sites excluding steroid dienone is 7. The smallest absolute Gasteiger partial charge is 0.115 e. The molecule has 3 aromatic heterocycles. The second kappa shape index (κ2) is 20.1. The van der Waals surface area contributed by atoms with Crippen molar-refractivity contribution < 1.29 is 10.2 Å². The van der Waals surface area contributed by atoms with E-state index in [1.54, 1.807) is 30.3 Å². The largest absolute Gasteiger partial charge is 0.508 e. The molecular formula is C68H57N5O2.